The molecule has 1 atom stereocenters. The van der Waals surface area contributed by atoms with Gasteiger partial charge in [-0.15, -0.1) is 0 Å². The number of sulfone groups is 1. The summed E-state index contributed by atoms with van der Waals surface area (Å²) in [7, 11) is -3.10. The molecule has 1 aliphatic heterocycles. The van der Waals surface area contributed by atoms with Gasteiger partial charge in [-0.1, -0.05) is 24.4 Å². The molecule has 0 spiro atoms. The summed E-state index contributed by atoms with van der Waals surface area (Å²) in [6.07, 6.45) is 5.65. The Hall–Kier alpha value is -1.93. The van der Waals surface area contributed by atoms with Gasteiger partial charge in [-0.2, -0.15) is 0 Å². The maximum absolute atomic E-state index is 13.2. The fraction of sp³-hybridized carbons (Fsp3) is 0.526. The summed E-state index contributed by atoms with van der Waals surface area (Å²) in [5, 5.41) is 0.888. The van der Waals surface area contributed by atoms with E-state index in [4.69, 9.17) is 11.6 Å². The number of halogens is 1. The number of carbonyl (C=O) groups is 1. The third-order valence-corrected chi connectivity index (χ3v) is 7.69. The smallest absolute Gasteiger partial charge is 0.261 e. The fourth-order valence-electron chi connectivity index (χ4n) is 4.35. The van der Waals surface area contributed by atoms with E-state index < -0.39 is 9.84 Å². The predicted octanol–water partition coefficient (Wildman–Crippen LogP) is 2.01. The molecule has 9 heteroatoms. The van der Waals surface area contributed by atoms with Gasteiger partial charge in [0, 0.05) is 17.1 Å². The molecule has 0 unspecified atom stereocenters. The van der Waals surface area contributed by atoms with Gasteiger partial charge in [0.15, 0.2) is 9.84 Å². The zero-order valence-electron chi connectivity index (χ0n) is 15.4. The van der Waals surface area contributed by atoms with E-state index in [0.29, 0.717) is 22.3 Å². The molecule has 1 saturated carbocycles. The van der Waals surface area contributed by atoms with E-state index in [9.17, 15) is 18.0 Å². The zero-order chi connectivity index (χ0) is 19.9. The van der Waals surface area contributed by atoms with E-state index in [-0.39, 0.29) is 41.6 Å². The van der Waals surface area contributed by atoms with E-state index in [1.54, 1.807) is 23.1 Å². The van der Waals surface area contributed by atoms with Crippen molar-refractivity contribution in [1.29, 1.82) is 0 Å². The largest absolute Gasteiger partial charge is 0.334 e. The summed E-state index contributed by atoms with van der Waals surface area (Å²) in [5.41, 5.74) is 0.177. The highest BCUT2D eigenvalue weighted by molar-refractivity contribution is 7.91. The molecule has 1 amide bonds. The van der Waals surface area contributed by atoms with Crippen molar-refractivity contribution in [3.63, 3.8) is 0 Å². The number of hydrogen-bond donors (Lipinski definition) is 0. The number of nitrogens with zero attached hydrogens (tertiary/aromatic N) is 3. The van der Waals surface area contributed by atoms with Crippen molar-refractivity contribution < 1.29 is 13.2 Å². The topological polar surface area (TPSA) is 89.3 Å². The van der Waals surface area contributed by atoms with E-state index in [0.717, 1.165) is 25.7 Å². The molecule has 2 aliphatic rings. The second-order valence-electron chi connectivity index (χ2n) is 7.64. The highest BCUT2D eigenvalue weighted by Crippen LogP contribution is 2.29. The molecule has 28 heavy (non-hydrogen) atoms. The SMILES string of the molecule is O=C(Cn1cnc2cc(Cl)ccc2c1=O)N(C1CCCC1)[C@@H]1CCS(=O)(=O)C1. The summed E-state index contributed by atoms with van der Waals surface area (Å²) >= 11 is 5.95. The van der Waals surface area contributed by atoms with Crippen molar-refractivity contribution in [1.82, 2.24) is 14.5 Å². The molecule has 1 aromatic carbocycles. The van der Waals surface area contributed by atoms with Crippen LogP contribution in [0.5, 0.6) is 0 Å². The van der Waals surface area contributed by atoms with Crippen LogP contribution in [0.3, 0.4) is 0 Å². The fourth-order valence-corrected chi connectivity index (χ4v) is 6.23. The summed E-state index contributed by atoms with van der Waals surface area (Å²) < 4.78 is 25.2. The first kappa shape index (κ1) is 19.4. The van der Waals surface area contributed by atoms with Gasteiger partial charge in [-0.05, 0) is 37.5 Å². The van der Waals surface area contributed by atoms with Gasteiger partial charge in [0.2, 0.25) is 5.91 Å². The average molecular weight is 424 g/mol. The minimum absolute atomic E-state index is 0.0125. The number of hydrogen-bond acceptors (Lipinski definition) is 5. The third-order valence-electron chi connectivity index (χ3n) is 5.70. The summed E-state index contributed by atoms with van der Waals surface area (Å²) in [5.74, 6) is -0.0865. The average Bonchev–Trinajstić information content (AvgIpc) is 3.28. The van der Waals surface area contributed by atoms with Gasteiger partial charge in [0.1, 0.15) is 6.54 Å². The summed E-state index contributed by atoms with van der Waals surface area (Å²) in [6, 6.07) is 4.58. The first-order valence-corrected chi connectivity index (χ1v) is 11.7. The number of amides is 1. The molecule has 1 aliphatic carbocycles. The van der Waals surface area contributed by atoms with Crippen molar-refractivity contribution >= 4 is 38.2 Å². The number of rotatable bonds is 4. The van der Waals surface area contributed by atoms with Crippen molar-refractivity contribution in [2.75, 3.05) is 11.5 Å². The number of benzene rings is 1. The summed E-state index contributed by atoms with van der Waals surface area (Å²) in [6.45, 7) is -0.141. The van der Waals surface area contributed by atoms with Crippen molar-refractivity contribution in [3.8, 4) is 0 Å². The molecular formula is C19H22ClN3O4S. The third kappa shape index (κ3) is 3.80. The van der Waals surface area contributed by atoms with E-state index >= 15 is 0 Å². The second-order valence-corrected chi connectivity index (χ2v) is 10.3. The molecular weight excluding hydrogens is 402 g/mol. The minimum Gasteiger partial charge on any atom is -0.334 e. The van der Waals surface area contributed by atoms with Crippen LogP contribution in [0.15, 0.2) is 29.3 Å². The monoisotopic (exact) mass is 423 g/mol. The standard InChI is InChI=1S/C19H22ClN3O4S/c20-13-5-6-16-17(9-13)21-12-22(19(16)25)10-18(24)23(14-3-1-2-4-14)15-7-8-28(26,27)11-15/h5-6,9,12,14-15H,1-4,7-8,10-11H2/t15-/m1/s1. The molecule has 1 aromatic heterocycles. The van der Waals surface area contributed by atoms with E-state index in [1.807, 2.05) is 0 Å². The lowest BCUT2D eigenvalue weighted by atomic mass is 10.1. The van der Waals surface area contributed by atoms with E-state index in [1.165, 1.54) is 10.9 Å². The highest BCUT2D eigenvalue weighted by atomic mass is 35.5. The zero-order valence-corrected chi connectivity index (χ0v) is 17.0. The van der Waals surface area contributed by atoms with Crippen LogP contribution in [0, 0.1) is 0 Å². The molecule has 0 radical (unpaired) electrons. The van der Waals surface area contributed by atoms with E-state index in [2.05, 4.69) is 4.98 Å². The molecule has 1 saturated heterocycles. The Kier molecular flexibility index (Phi) is 5.18. The maximum atomic E-state index is 13.2. The molecule has 2 aromatic rings. The van der Waals surface area contributed by atoms with Crippen molar-refractivity contribution in [2.24, 2.45) is 0 Å². The molecule has 4 rings (SSSR count). The molecule has 7 nitrogen and oxygen atoms in total. The van der Waals surface area contributed by atoms with Crippen LogP contribution in [-0.2, 0) is 21.2 Å². The Morgan fingerprint density at radius 1 is 1.21 bits per heavy atom. The normalized spacial score (nSPS) is 22.0. The number of carbonyl (C=O) groups excluding carboxylic acids is 1. The van der Waals surface area contributed by atoms with Gasteiger partial charge in [0.25, 0.3) is 5.56 Å². The van der Waals surface area contributed by atoms with Crippen LogP contribution in [0.25, 0.3) is 10.9 Å². The van der Waals surface area contributed by atoms with Crippen LogP contribution in [0.4, 0.5) is 0 Å². The Labute approximate surface area is 168 Å². The first-order chi connectivity index (χ1) is 13.3. The van der Waals surface area contributed by atoms with Gasteiger partial charge in [0.05, 0.1) is 28.7 Å². The highest BCUT2D eigenvalue weighted by Gasteiger charge is 2.39. The minimum atomic E-state index is -3.10. The van der Waals surface area contributed by atoms with Crippen molar-refractivity contribution in [2.45, 2.75) is 50.7 Å². The summed E-state index contributed by atoms with van der Waals surface area (Å²) in [4.78, 5) is 31.9. The lowest BCUT2D eigenvalue weighted by molar-refractivity contribution is -0.136. The van der Waals surface area contributed by atoms with Crippen LogP contribution in [0.2, 0.25) is 5.02 Å². The van der Waals surface area contributed by atoms with Gasteiger partial charge >= 0.3 is 0 Å². The molecule has 0 N–H and O–H groups in total. The number of fused-ring (bicyclic) bond motifs is 1. The molecule has 2 heterocycles. The van der Waals surface area contributed by atoms with Crippen LogP contribution in [-0.4, -0.2) is 52.4 Å². The van der Waals surface area contributed by atoms with Crippen molar-refractivity contribution in [3.05, 3.63) is 39.9 Å². The van der Waals surface area contributed by atoms with Gasteiger partial charge < -0.3 is 4.90 Å². The quantitative estimate of drug-likeness (QED) is 0.750. The van der Waals surface area contributed by atoms with Gasteiger partial charge in [-0.3, -0.25) is 14.2 Å². The second kappa shape index (κ2) is 7.48. The van der Waals surface area contributed by atoms with Crippen LogP contribution >= 0.6 is 11.6 Å². The molecule has 2 fully saturated rings. The molecule has 150 valence electrons. The Balaban J connectivity index is 1.62. The Morgan fingerprint density at radius 2 is 1.96 bits per heavy atom. The number of aromatic nitrogens is 2. The first-order valence-electron chi connectivity index (χ1n) is 9.50. The maximum Gasteiger partial charge on any atom is 0.261 e. The molecule has 0 bridgehead atoms. The predicted molar refractivity (Wildman–Crippen MR) is 107 cm³/mol. The van der Waals surface area contributed by atoms with Gasteiger partial charge in [-0.25, -0.2) is 13.4 Å². The Morgan fingerprint density at radius 3 is 2.64 bits per heavy atom. The Bertz CT molecular complexity index is 1080. The lowest BCUT2D eigenvalue weighted by Gasteiger charge is -2.34. The lowest BCUT2D eigenvalue weighted by Crippen LogP contribution is -2.49. The van der Waals surface area contributed by atoms with Crippen LogP contribution in [0.1, 0.15) is 32.1 Å². The van der Waals surface area contributed by atoms with Crippen LogP contribution < -0.4 is 5.56 Å².